The Morgan fingerprint density at radius 3 is 2.48 bits per heavy atom. The molecule has 0 aliphatic carbocycles. The average Bonchev–Trinajstić information content (AvgIpc) is 2.57. The van der Waals surface area contributed by atoms with E-state index in [4.69, 9.17) is 4.74 Å². The number of benzene rings is 1. The number of piperidine rings is 1. The molecule has 1 aliphatic heterocycles. The summed E-state index contributed by atoms with van der Waals surface area (Å²) in [6.07, 6.45) is 1.28. The van der Waals surface area contributed by atoms with Gasteiger partial charge >= 0.3 is 6.09 Å². The van der Waals surface area contributed by atoms with E-state index in [-0.39, 0.29) is 18.0 Å². The zero-order valence-electron chi connectivity index (χ0n) is 15.5. The number of aryl methyl sites for hydroxylation is 1. The highest BCUT2D eigenvalue weighted by Gasteiger charge is 2.24. The van der Waals surface area contributed by atoms with Crippen LogP contribution in [0.1, 0.15) is 30.9 Å². The van der Waals surface area contributed by atoms with Gasteiger partial charge in [0, 0.05) is 25.7 Å². The molecule has 1 N–H and O–H groups in total. The summed E-state index contributed by atoms with van der Waals surface area (Å²) < 4.78 is 5.01. The number of rotatable bonds is 6. The van der Waals surface area contributed by atoms with Gasteiger partial charge in [0.25, 0.3) is 0 Å². The molecular formula is C19H29N3O3. The largest absolute Gasteiger partial charge is 0.450 e. The van der Waals surface area contributed by atoms with Crippen molar-refractivity contribution in [2.45, 2.75) is 39.3 Å². The van der Waals surface area contributed by atoms with Gasteiger partial charge in [0.1, 0.15) is 0 Å². The lowest BCUT2D eigenvalue weighted by molar-refractivity contribution is -0.123. The third kappa shape index (κ3) is 6.38. The Morgan fingerprint density at radius 1 is 1.24 bits per heavy atom. The highest BCUT2D eigenvalue weighted by atomic mass is 16.6. The van der Waals surface area contributed by atoms with Crippen molar-refractivity contribution in [1.29, 1.82) is 0 Å². The van der Waals surface area contributed by atoms with Crippen LogP contribution in [0.4, 0.5) is 4.79 Å². The van der Waals surface area contributed by atoms with Crippen molar-refractivity contribution >= 4 is 12.0 Å². The molecule has 0 radical (unpaired) electrons. The van der Waals surface area contributed by atoms with E-state index in [1.807, 2.05) is 11.9 Å². The van der Waals surface area contributed by atoms with Crippen LogP contribution in [0.25, 0.3) is 0 Å². The summed E-state index contributed by atoms with van der Waals surface area (Å²) in [6.45, 7) is 6.63. The first-order valence-electron chi connectivity index (χ1n) is 8.93. The Hall–Kier alpha value is -2.08. The molecule has 1 aliphatic rings. The molecule has 6 heteroatoms. The van der Waals surface area contributed by atoms with E-state index >= 15 is 0 Å². The van der Waals surface area contributed by atoms with E-state index in [1.54, 1.807) is 11.8 Å². The van der Waals surface area contributed by atoms with Crippen LogP contribution < -0.4 is 5.32 Å². The third-order valence-corrected chi connectivity index (χ3v) is 4.37. The van der Waals surface area contributed by atoms with Gasteiger partial charge in [-0.3, -0.25) is 9.69 Å². The standard InChI is InChI=1S/C19H29N3O3/c1-4-25-19(24)22-11-9-17(10-12-22)20-18(23)14-21(3)13-16-7-5-15(2)6-8-16/h5-8,17H,4,9-14H2,1-3H3,(H,20,23). The molecule has 1 heterocycles. The first-order chi connectivity index (χ1) is 12.0. The number of likely N-dealkylation sites (tertiary alicyclic amines) is 1. The molecule has 0 bridgehead atoms. The summed E-state index contributed by atoms with van der Waals surface area (Å²) in [5.74, 6) is 0.0317. The maximum atomic E-state index is 12.2. The van der Waals surface area contributed by atoms with Crippen LogP contribution in [0, 0.1) is 6.92 Å². The second kappa shape index (κ2) is 9.42. The normalized spacial score (nSPS) is 15.3. The van der Waals surface area contributed by atoms with Gasteiger partial charge in [-0.2, -0.15) is 0 Å². The molecule has 2 amide bonds. The fourth-order valence-electron chi connectivity index (χ4n) is 3.00. The fraction of sp³-hybridized carbons (Fsp3) is 0.579. The topological polar surface area (TPSA) is 61.9 Å². The van der Waals surface area contributed by atoms with E-state index < -0.39 is 0 Å². The second-order valence-corrected chi connectivity index (χ2v) is 6.69. The maximum Gasteiger partial charge on any atom is 0.409 e. The lowest BCUT2D eigenvalue weighted by Gasteiger charge is -2.32. The number of ether oxygens (including phenoxy) is 1. The van der Waals surface area contributed by atoms with Crippen LogP contribution >= 0.6 is 0 Å². The summed E-state index contributed by atoms with van der Waals surface area (Å²) in [5.41, 5.74) is 2.43. The number of carbonyl (C=O) groups is 2. The van der Waals surface area contributed by atoms with E-state index in [0.717, 1.165) is 19.4 Å². The van der Waals surface area contributed by atoms with Gasteiger partial charge in [-0.1, -0.05) is 29.8 Å². The van der Waals surface area contributed by atoms with Crippen molar-refractivity contribution in [1.82, 2.24) is 15.1 Å². The first kappa shape index (κ1) is 19.2. The van der Waals surface area contributed by atoms with Gasteiger partial charge < -0.3 is 15.0 Å². The number of likely N-dealkylation sites (N-methyl/N-ethyl adjacent to an activating group) is 1. The second-order valence-electron chi connectivity index (χ2n) is 6.69. The predicted octanol–water partition coefficient (Wildman–Crippen LogP) is 2.16. The minimum absolute atomic E-state index is 0.0317. The molecular weight excluding hydrogens is 318 g/mol. The molecule has 1 aromatic rings. The molecule has 138 valence electrons. The van der Waals surface area contributed by atoms with Crippen LogP contribution in [-0.4, -0.2) is 61.1 Å². The van der Waals surface area contributed by atoms with Crippen molar-refractivity contribution in [3.8, 4) is 0 Å². The minimum atomic E-state index is -0.259. The Balaban J connectivity index is 1.70. The zero-order chi connectivity index (χ0) is 18.2. The van der Waals surface area contributed by atoms with Crippen molar-refractivity contribution in [2.24, 2.45) is 0 Å². The summed E-state index contributed by atoms with van der Waals surface area (Å²) in [4.78, 5) is 27.6. The molecule has 1 saturated heterocycles. The number of amides is 2. The number of nitrogens with one attached hydrogen (secondary N) is 1. The van der Waals surface area contributed by atoms with Crippen LogP contribution in [0.5, 0.6) is 0 Å². The molecule has 0 aromatic heterocycles. The lowest BCUT2D eigenvalue weighted by atomic mass is 10.1. The molecule has 1 aromatic carbocycles. The van der Waals surface area contributed by atoms with Crippen molar-refractivity contribution in [3.05, 3.63) is 35.4 Å². The Kier molecular flexibility index (Phi) is 7.25. The number of carbonyl (C=O) groups excluding carboxylic acids is 2. The van der Waals surface area contributed by atoms with Crippen LogP contribution in [0.3, 0.4) is 0 Å². The third-order valence-electron chi connectivity index (χ3n) is 4.37. The molecule has 25 heavy (non-hydrogen) atoms. The van der Waals surface area contributed by atoms with E-state index in [0.29, 0.717) is 26.2 Å². The fourth-order valence-corrected chi connectivity index (χ4v) is 3.00. The quantitative estimate of drug-likeness (QED) is 0.857. The summed E-state index contributed by atoms with van der Waals surface area (Å²) in [6, 6.07) is 8.48. The lowest BCUT2D eigenvalue weighted by Crippen LogP contribution is -2.48. The number of hydrogen-bond donors (Lipinski definition) is 1. The highest BCUT2D eigenvalue weighted by molar-refractivity contribution is 5.78. The minimum Gasteiger partial charge on any atom is -0.450 e. The van der Waals surface area contributed by atoms with E-state index in [2.05, 4.69) is 36.5 Å². The molecule has 6 nitrogen and oxygen atoms in total. The Labute approximate surface area is 150 Å². The van der Waals surface area contributed by atoms with Crippen molar-refractivity contribution in [2.75, 3.05) is 33.3 Å². The Morgan fingerprint density at radius 2 is 1.88 bits per heavy atom. The SMILES string of the molecule is CCOC(=O)N1CCC(NC(=O)CN(C)Cc2ccc(C)cc2)CC1. The van der Waals surface area contributed by atoms with Gasteiger partial charge in [0.15, 0.2) is 0 Å². The molecule has 0 spiro atoms. The van der Waals surface area contributed by atoms with Gasteiger partial charge in [-0.15, -0.1) is 0 Å². The number of nitrogens with zero attached hydrogens (tertiary/aromatic N) is 2. The smallest absolute Gasteiger partial charge is 0.409 e. The molecule has 0 atom stereocenters. The monoisotopic (exact) mass is 347 g/mol. The summed E-state index contributed by atoms with van der Waals surface area (Å²) in [5, 5.41) is 3.08. The average molecular weight is 347 g/mol. The molecule has 0 unspecified atom stereocenters. The zero-order valence-corrected chi connectivity index (χ0v) is 15.5. The predicted molar refractivity (Wildman–Crippen MR) is 97.3 cm³/mol. The number of hydrogen-bond acceptors (Lipinski definition) is 4. The highest BCUT2D eigenvalue weighted by Crippen LogP contribution is 2.12. The van der Waals surface area contributed by atoms with Crippen LogP contribution in [0.15, 0.2) is 24.3 Å². The van der Waals surface area contributed by atoms with Crippen molar-refractivity contribution < 1.29 is 14.3 Å². The van der Waals surface area contributed by atoms with E-state index in [9.17, 15) is 9.59 Å². The van der Waals surface area contributed by atoms with Crippen molar-refractivity contribution in [3.63, 3.8) is 0 Å². The molecule has 1 fully saturated rings. The van der Waals surface area contributed by atoms with Crippen LogP contribution in [0.2, 0.25) is 0 Å². The first-order valence-corrected chi connectivity index (χ1v) is 8.93. The van der Waals surface area contributed by atoms with E-state index in [1.165, 1.54) is 11.1 Å². The molecule has 0 saturated carbocycles. The molecule has 2 rings (SSSR count). The summed E-state index contributed by atoms with van der Waals surface area (Å²) in [7, 11) is 1.95. The Bertz CT molecular complexity index is 566. The van der Waals surface area contributed by atoms with Gasteiger partial charge in [-0.25, -0.2) is 4.79 Å². The summed E-state index contributed by atoms with van der Waals surface area (Å²) >= 11 is 0. The van der Waals surface area contributed by atoms with Gasteiger partial charge in [-0.05, 0) is 39.3 Å². The van der Waals surface area contributed by atoms with Crippen LogP contribution in [-0.2, 0) is 16.1 Å². The van der Waals surface area contributed by atoms with Gasteiger partial charge in [0.05, 0.1) is 13.2 Å². The van der Waals surface area contributed by atoms with Gasteiger partial charge in [0.2, 0.25) is 5.91 Å². The maximum absolute atomic E-state index is 12.2.